The highest BCUT2D eigenvalue weighted by molar-refractivity contribution is 5.73. The van der Waals surface area contributed by atoms with Crippen molar-refractivity contribution in [3.05, 3.63) is 56.3 Å². The van der Waals surface area contributed by atoms with E-state index in [0.717, 1.165) is 5.56 Å². The zero-order valence-corrected chi connectivity index (χ0v) is 8.91. The van der Waals surface area contributed by atoms with Gasteiger partial charge in [0.1, 0.15) is 11.4 Å². The largest absolute Gasteiger partial charge is 0.383 e. The lowest BCUT2D eigenvalue weighted by Crippen LogP contribution is -2.36. The Morgan fingerprint density at radius 3 is 2.25 bits per heavy atom. The van der Waals surface area contributed by atoms with Crippen LogP contribution < -0.4 is 21.5 Å². The Balaban J connectivity index is 2.09. The second-order valence-electron chi connectivity index (χ2n) is 3.50. The van der Waals surface area contributed by atoms with Crippen molar-refractivity contribution in [2.24, 2.45) is 0 Å². The summed E-state index contributed by atoms with van der Waals surface area (Å²) in [7, 11) is 1.63. The lowest BCUT2D eigenvalue weighted by molar-refractivity contribution is 1.13. The highest BCUT2D eigenvalue weighted by atomic mass is 16.2. The van der Waals surface area contributed by atoms with Gasteiger partial charge < -0.3 is 10.6 Å². The lowest BCUT2D eigenvalue weighted by atomic mass is 10.1. The fraction of sp³-hybridized carbons (Fsp3) is 0.167. The molecule has 0 bridgehead atoms. The standard InChI is InChI=1S/C12H12N2O2/c1-13-9-10(12(16)11(9)15)14-7-8-5-3-2-4-6-8/h2-6,13-14H,7H2,1H3. The molecule has 2 aromatic carbocycles. The van der Waals surface area contributed by atoms with E-state index in [0.29, 0.717) is 17.9 Å². The van der Waals surface area contributed by atoms with Crippen molar-refractivity contribution in [1.82, 2.24) is 0 Å². The first kappa shape index (κ1) is 10.4. The van der Waals surface area contributed by atoms with Gasteiger partial charge in [-0.05, 0) is 5.56 Å². The summed E-state index contributed by atoms with van der Waals surface area (Å²) in [6.07, 6.45) is 0. The van der Waals surface area contributed by atoms with Crippen molar-refractivity contribution < 1.29 is 0 Å². The summed E-state index contributed by atoms with van der Waals surface area (Å²) in [6, 6.07) is 9.70. The van der Waals surface area contributed by atoms with E-state index < -0.39 is 10.9 Å². The molecule has 4 nitrogen and oxygen atoms in total. The number of nitrogens with one attached hydrogen (secondary N) is 2. The van der Waals surface area contributed by atoms with Crippen LogP contribution in [0.3, 0.4) is 0 Å². The molecule has 2 aromatic rings. The first-order chi connectivity index (χ1) is 7.74. The molecular formula is C12H12N2O2. The smallest absolute Gasteiger partial charge is 0.253 e. The van der Waals surface area contributed by atoms with Gasteiger partial charge in [0.15, 0.2) is 0 Å². The van der Waals surface area contributed by atoms with Crippen molar-refractivity contribution in [3.63, 3.8) is 0 Å². The van der Waals surface area contributed by atoms with Crippen LogP contribution in [0.2, 0.25) is 0 Å². The number of rotatable bonds is 4. The monoisotopic (exact) mass is 216 g/mol. The first-order valence-electron chi connectivity index (χ1n) is 5.03. The Morgan fingerprint density at radius 1 is 1.00 bits per heavy atom. The molecule has 16 heavy (non-hydrogen) atoms. The lowest BCUT2D eigenvalue weighted by Gasteiger charge is -2.12. The Hall–Kier alpha value is -2.10. The van der Waals surface area contributed by atoms with E-state index in [-0.39, 0.29) is 0 Å². The summed E-state index contributed by atoms with van der Waals surface area (Å²) in [5.74, 6) is 0. The number of anilines is 2. The van der Waals surface area contributed by atoms with Crippen molar-refractivity contribution in [2.45, 2.75) is 6.54 Å². The molecule has 0 saturated heterocycles. The number of benzene rings is 1. The minimum Gasteiger partial charge on any atom is -0.383 e. The number of hydrogen-bond acceptors (Lipinski definition) is 4. The quantitative estimate of drug-likeness (QED) is 0.747. The maximum absolute atomic E-state index is 11.2. The van der Waals surface area contributed by atoms with Crippen LogP contribution in [-0.2, 0) is 6.54 Å². The van der Waals surface area contributed by atoms with E-state index >= 15 is 0 Å². The van der Waals surface area contributed by atoms with Crippen LogP contribution in [0.25, 0.3) is 0 Å². The van der Waals surface area contributed by atoms with Gasteiger partial charge in [0.05, 0.1) is 0 Å². The highest BCUT2D eigenvalue weighted by Gasteiger charge is 2.18. The fourth-order valence-electron chi connectivity index (χ4n) is 1.59. The minimum absolute atomic E-state index is 0.376. The molecule has 2 rings (SSSR count). The molecule has 4 heteroatoms. The van der Waals surface area contributed by atoms with E-state index in [1.165, 1.54) is 0 Å². The molecule has 82 valence electrons. The predicted octanol–water partition coefficient (Wildman–Crippen LogP) is 0.936. The van der Waals surface area contributed by atoms with Crippen LogP contribution in [0.5, 0.6) is 0 Å². The summed E-state index contributed by atoms with van der Waals surface area (Å²) >= 11 is 0. The summed E-state index contributed by atoms with van der Waals surface area (Å²) in [4.78, 5) is 22.3. The molecule has 0 heterocycles. The van der Waals surface area contributed by atoms with E-state index in [9.17, 15) is 9.59 Å². The van der Waals surface area contributed by atoms with Gasteiger partial charge in [-0.3, -0.25) is 9.59 Å². The van der Waals surface area contributed by atoms with E-state index in [4.69, 9.17) is 0 Å². The topological polar surface area (TPSA) is 58.2 Å². The van der Waals surface area contributed by atoms with Gasteiger partial charge in [0.2, 0.25) is 0 Å². The van der Waals surface area contributed by atoms with Crippen molar-refractivity contribution in [3.8, 4) is 0 Å². The van der Waals surface area contributed by atoms with Gasteiger partial charge >= 0.3 is 0 Å². The SMILES string of the molecule is CNc1c(NCc2ccccc2)c(=O)c1=O. The Morgan fingerprint density at radius 2 is 1.62 bits per heavy atom. The molecule has 0 amide bonds. The highest BCUT2D eigenvalue weighted by Crippen LogP contribution is 2.14. The van der Waals surface area contributed by atoms with Crippen LogP contribution in [0.1, 0.15) is 5.56 Å². The maximum atomic E-state index is 11.2. The van der Waals surface area contributed by atoms with Crippen LogP contribution in [0.4, 0.5) is 11.4 Å². The molecule has 0 aliphatic carbocycles. The molecule has 0 radical (unpaired) electrons. The van der Waals surface area contributed by atoms with Crippen molar-refractivity contribution in [1.29, 1.82) is 0 Å². The normalized spacial score (nSPS) is 10.3. The summed E-state index contributed by atoms with van der Waals surface area (Å²) in [5.41, 5.74) is 0.938. The van der Waals surface area contributed by atoms with Gasteiger partial charge in [-0.25, -0.2) is 0 Å². The van der Waals surface area contributed by atoms with Crippen LogP contribution >= 0.6 is 0 Å². The summed E-state index contributed by atoms with van der Waals surface area (Å²) in [6.45, 7) is 0.542. The summed E-state index contributed by atoms with van der Waals surface area (Å²) in [5, 5.41) is 5.68. The Kier molecular flexibility index (Phi) is 2.72. The summed E-state index contributed by atoms with van der Waals surface area (Å²) < 4.78 is 0. The third kappa shape index (κ3) is 1.69. The third-order valence-corrected chi connectivity index (χ3v) is 2.47. The van der Waals surface area contributed by atoms with Gasteiger partial charge in [0, 0.05) is 13.6 Å². The van der Waals surface area contributed by atoms with Gasteiger partial charge in [-0.15, -0.1) is 0 Å². The molecule has 0 fully saturated rings. The van der Waals surface area contributed by atoms with Crippen LogP contribution in [0.15, 0.2) is 39.9 Å². The second kappa shape index (κ2) is 4.18. The van der Waals surface area contributed by atoms with E-state index in [2.05, 4.69) is 10.6 Å². The zero-order chi connectivity index (χ0) is 11.5. The molecule has 0 spiro atoms. The maximum Gasteiger partial charge on any atom is 0.253 e. The molecule has 0 saturated carbocycles. The molecule has 0 aliphatic rings. The third-order valence-electron chi connectivity index (χ3n) is 2.47. The Bertz CT molecular complexity index is 554. The average molecular weight is 216 g/mol. The van der Waals surface area contributed by atoms with Crippen LogP contribution in [0, 0.1) is 0 Å². The van der Waals surface area contributed by atoms with Crippen molar-refractivity contribution >= 4 is 11.4 Å². The number of hydrogen-bond donors (Lipinski definition) is 2. The minimum atomic E-state index is -0.446. The van der Waals surface area contributed by atoms with Gasteiger partial charge in [-0.1, -0.05) is 30.3 Å². The molecular weight excluding hydrogens is 204 g/mol. The molecule has 0 unspecified atom stereocenters. The molecule has 2 N–H and O–H groups in total. The second-order valence-corrected chi connectivity index (χ2v) is 3.50. The van der Waals surface area contributed by atoms with Gasteiger partial charge in [-0.2, -0.15) is 0 Å². The van der Waals surface area contributed by atoms with Crippen LogP contribution in [-0.4, -0.2) is 7.05 Å². The fourth-order valence-corrected chi connectivity index (χ4v) is 1.59. The first-order valence-corrected chi connectivity index (χ1v) is 5.03. The van der Waals surface area contributed by atoms with Gasteiger partial charge in [0.25, 0.3) is 10.9 Å². The predicted molar refractivity (Wildman–Crippen MR) is 64.7 cm³/mol. The van der Waals surface area contributed by atoms with E-state index in [1.807, 2.05) is 30.3 Å². The molecule has 0 aromatic heterocycles. The van der Waals surface area contributed by atoms with E-state index in [1.54, 1.807) is 7.05 Å². The van der Waals surface area contributed by atoms with Crippen molar-refractivity contribution in [2.75, 3.05) is 17.7 Å². The Labute approximate surface area is 92.6 Å². The molecule has 0 atom stereocenters. The average Bonchev–Trinajstić information content (AvgIpc) is 2.34. The zero-order valence-electron chi connectivity index (χ0n) is 8.91. The molecule has 0 aliphatic heterocycles.